The van der Waals surface area contributed by atoms with E-state index in [2.05, 4.69) is 41.7 Å². The molecule has 0 spiro atoms. The molecule has 0 fully saturated rings. The molecule has 14 heteroatoms. The maximum absolute atomic E-state index is 13.5. The number of hydrogen-bond acceptors (Lipinski definition) is 10. The highest BCUT2D eigenvalue weighted by Crippen LogP contribution is 2.37. The molecular formula is C38H46N4O8SSi. The summed E-state index contributed by atoms with van der Waals surface area (Å²) in [5.41, 5.74) is 0.456. The normalized spacial score (nSPS) is 13.0. The van der Waals surface area contributed by atoms with Crippen LogP contribution in [0.4, 0.5) is 10.5 Å². The average Bonchev–Trinajstić information content (AvgIpc) is 3.60. The number of aliphatic hydroxyl groups is 1. The summed E-state index contributed by atoms with van der Waals surface area (Å²) >= 11 is 1.18. The number of ether oxygens (including phenoxy) is 2. The van der Waals surface area contributed by atoms with Crippen LogP contribution in [0.25, 0.3) is 10.6 Å². The summed E-state index contributed by atoms with van der Waals surface area (Å²) in [4.78, 5) is 56.4. The quantitative estimate of drug-likeness (QED) is 0.114. The zero-order valence-electron chi connectivity index (χ0n) is 30.4. The lowest BCUT2D eigenvalue weighted by molar-refractivity contribution is -0.146. The van der Waals surface area contributed by atoms with E-state index in [1.165, 1.54) is 23.8 Å². The van der Waals surface area contributed by atoms with E-state index in [1.54, 1.807) is 45.0 Å². The van der Waals surface area contributed by atoms with Crippen molar-refractivity contribution in [3.63, 3.8) is 0 Å². The molecule has 4 aromatic rings. The van der Waals surface area contributed by atoms with Gasteiger partial charge in [-0.3, -0.25) is 14.9 Å². The van der Waals surface area contributed by atoms with Crippen molar-refractivity contribution in [1.29, 1.82) is 0 Å². The Kier molecular flexibility index (Phi) is 13.1. The Labute approximate surface area is 309 Å². The smallest absolute Gasteiger partial charge is 0.412 e. The number of aliphatic hydroxyl groups excluding tert-OH is 1. The van der Waals surface area contributed by atoms with E-state index >= 15 is 0 Å². The zero-order chi connectivity index (χ0) is 38.1. The minimum Gasteiger partial charge on any atom is -0.467 e. The first kappa shape index (κ1) is 39.9. The fourth-order valence-corrected chi connectivity index (χ4v) is 11.0. The monoisotopic (exact) mass is 746 g/mol. The molecule has 0 saturated carbocycles. The third-order valence-corrected chi connectivity index (χ3v) is 13.9. The Morgan fingerprint density at radius 3 is 2.00 bits per heavy atom. The summed E-state index contributed by atoms with van der Waals surface area (Å²) in [7, 11) is -1.88. The van der Waals surface area contributed by atoms with E-state index in [4.69, 9.17) is 13.9 Å². The number of thiazole rings is 1. The molecule has 4 rings (SSSR count). The standard InChI is InChI=1S/C38H46N4O8SSi/c1-37(2,3)50-36(47)39-26-16-14-15-25(21-26)34-42-31(24-51-34)33(45)40-29(22-43)32(44)41-30(35(46)48-7)23-49-52(38(4,5)6,27-17-10-8-11-18-27)28-19-12-9-13-20-28/h8-21,24,29-30,43H,22-23H2,1-7H3,(H,39,47)(H,40,45)(H,41,44). The highest BCUT2D eigenvalue weighted by Gasteiger charge is 2.50. The first-order chi connectivity index (χ1) is 24.6. The van der Waals surface area contributed by atoms with Crippen LogP contribution in [0.3, 0.4) is 0 Å². The Morgan fingerprint density at radius 2 is 1.46 bits per heavy atom. The highest BCUT2D eigenvalue weighted by molar-refractivity contribution is 7.13. The summed E-state index contributed by atoms with van der Waals surface area (Å²) in [6.07, 6.45) is -0.610. The van der Waals surface area contributed by atoms with Gasteiger partial charge in [-0.05, 0) is 48.3 Å². The number of aromatic nitrogens is 1. The van der Waals surface area contributed by atoms with Crippen molar-refractivity contribution in [3.8, 4) is 10.6 Å². The predicted molar refractivity (Wildman–Crippen MR) is 203 cm³/mol. The maximum Gasteiger partial charge on any atom is 0.412 e. The molecule has 3 aromatic carbocycles. The van der Waals surface area contributed by atoms with Crippen LogP contribution in [-0.2, 0) is 23.5 Å². The summed E-state index contributed by atoms with van der Waals surface area (Å²) in [5, 5.41) is 21.5. The highest BCUT2D eigenvalue weighted by atomic mass is 32.1. The summed E-state index contributed by atoms with van der Waals surface area (Å²) in [6.45, 7) is 10.6. The van der Waals surface area contributed by atoms with Gasteiger partial charge < -0.3 is 29.6 Å². The van der Waals surface area contributed by atoms with Crippen molar-refractivity contribution in [2.45, 2.75) is 64.3 Å². The number of carbonyl (C=O) groups is 4. The van der Waals surface area contributed by atoms with Crippen molar-refractivity contribution in [1.82, 2.24) is 15.6 Å². The van der Waals surface area contributed by atoms with Gasteiger partial charge in [0.1, 0.15) is 28.4 Å². The third-order valence-electron chi connectivity index (χ3n) is 7.98. The van der Waals surface area contributed by atoms with E-state index in [1.807, 2.05) is 60.7 Å². The number of methoxy groups -OCH3 is 1. The van der Waals surface area contributed by atoms with E-state index in [0.717, 1.165) is 10.4 Å². The second-order valence-electron chi connectivity index (χ2n) is 14.0. The predicted octanol–water partition coefficient (Wildman–Crippen LogP) is 4.48. The Hall–Kier alpha value is -4.89. The average molecular weight is 747 g/mol. The van der Waals surface area contributed by atoms with Crippen LogP contribution in [0, 0.1) is 0 Å². The lowest BCUT2D eigenvalue weighted by Gasteiger charge is -2.43. The second-order valence-corrected chi connectivity index (χ2v) is 19.2. The van der Waals surface area contributed by atoms with E-state index in [0.29, 0.717) is 16.3 Å². The second kappa shape index (κ2) is 17.1. The van der Waals surface area contributed by atoms with Gasteiger partial charge in [0.15, 0.2) is 0 Å². The largest absolute Gasteiger partial charge is 0.467 e. The maximum atomic E-state index is 13.5. The lowest BCUT2D eigenvalue weighted by Crippen LogP contribution is -2.68. The molecule has 2 atom stereocenters. The summed E-state index contributed by atoms with van der Waals surface area (Å²) in [5.74, 6) is -2.27. The molecular weight excluding hydrogens is 701 g/mol. The molecule has 0 saturated heterocycles. The molecule has 3 amide bonds. The number of nitrogens with one attached hydrogen (secondary N) is 3. The molecule has 276 valence electrons. The van der Waals surface area contributed by atoms with Crippen LogP contribution in [0.5, 0.6) is 0 Å². The van der Waals surface area contributed by atoms with E-state index < -0.39 is 61.5 Å². The zero-order valence-corrected chi connectivity index (χ0v) is 32.2. The van der Waals surface area contributed by atoms with Crippen LogP contribution < -0.4 is 26.3 Å². The van der Waals surface area contributed by atoms with Gasteiger partial charge in [0.25, 0.3) is 14.2 Å². The van der Waals surface area contributed by atoms with Gasteiger partial charge in [-0.25, -0.2) is 14.6 Å². The van der Waals surface area contributed by atoms with E-state index in [9.17, 15) is 24.3 Å². The number of hydrogen-bond donors (Lipinski definition) is 4. The van der Waals surface area contributed by atoms with Gasteiger partial charge in [0.05, 0.1) is 20.3 Å². The molecule has 2 unspecified atom stereocenters. The van der Waals surface area contributed by atoms with Crippen molar-refractivity contribution in [2.75, 3.05) is 25.6 Å². The lowest BCUT2D eigenvalue weighted by atomic mass is 10.2. The van der Waals surface area contributed by atoms with E-state index in [-0.39, 0.29) is 12.3 Å². The number of rotatable bonds is 13. The third kappa shape index (κ3) is 9.91. The Balaban J connectivity index is 1.49. The number of benzene rings is 3. The van der Waals surface area contributed by atoms with Crippen molar-refractivity contribution >= 4 is 59.6 Å². The fourth-order valence-electron chi connectivity index (χ4n) is 5.64. The molecule has 0 bridgehead atoms. The number of esters is 1. The van der Waals surface area contributed by atoms with Crippen molar-refractivity contribution in [2.24, 2.45) is 0 Å². The molecule has 0 aliphatic heterocycles. The molecule has 0 aliphatic carbocycles. The number of anilines is 1. The molecule has 0 aliphatic rings. The van der Waals surface area contributed by atoms with Gasteiger partial charge in [-0.2, -0.15) is 0 Å². The number of carbonyl (C=O) groups excluding carboxylic acids is 4. The molecule has 1 heterocycles. The van der Waals surface area contributed by atoms with Gasteiger partial charge in [0, 0.05) is 16.6 Å². The first-order valence-corrected chi connectivity index (χ1v) is 19.5. The SMILES string of the molecule is COC(=O)C(CO[Si](c1ccccc1)(c1ccccc1)C(C)(C)C)NC(=O)C(CO)NC(=O)c1csc(-c2cccc(NC(=O)OC(C)(C)C)c2)n1. The van der Waals surface area contributed by atoms with Crippen LogP contribution in [0.15, 0.2) is 90.3 Å². The number of amides is 3. The Bertz CT molecular complexity index is 1800. The van der Waals surface area contributed by atoms with Crippen molar-refractivity contribution < 1.29 is 38.2 Å². The minimum atomic E-state index is -3.09. The van der Waals surface area contributed by atoms with Crippen LogP contribution in [-0.4, -0.2) is 80.3 Å². The molecule has 12 nitrogen and oxygen atoms in total. The van der Waals surface area contributed by atoms with Gasteiger partial charge in [-0.15, -0.1) is 11.3 Å². The summed E-state index contributed by atoms with van der Waals surface area (Å²) < 4.78 is 17.2. The van der Waals surface area contributed by atoms with Crippen molar-refractivity contribution in [3.05, 3.63) is 96.0 Å². The van der Waals surface area contributed by atoms with Crippen LogP contribution in [0.2, 0.25) is 5.04 Å². The molecule has 0 radical (unpaired) electrons. The van der Waals surface area contributed by atoms with Crippen LogP contribution >= 0.6 is 11.3 Å². The molecule has 1 aromatic heterocycles. The topological polar surface area (TPSA) is 165 Å². The van der Waals surface area contributed by atoms with Gasteiger partial charge >= 0.3 is 12.1 Å². The van der Waals surface area contributed by atoms with Gasteiger partial charge in [-0.1, -0.05) is 93.6 Å². The van der Waals surface area contributed by atoms with Crippen LogP contribution in [0.1, 0.15) is 52.0 Å². The number of nitrogens with zero attached hydrogens (tertiary/aromatic N) is 1. The molecule has 52 heavy (non-hydrogen) atoms. The molecule has 4 N–H and O–H groups in total. The first-order valence-electron chi connectivity index (χ1n) is 16.7. The fraction of sp³-hybridized carbons (Fsp3) is 0.342. The van der Waals surface area contributed by atoms with Gasteiger partial charge in [0.2, 0.25) is 5.91 Å². The minimum absolute atomic E-state index is 0.0105. The summed E-state index contributed by atoms with van der Waals surface area (Å²) in [6, 6.07) is 23.9. The Morgan fingerprint density at radius 1 is 0.846 bits per heavy atom.